The summed E-state index contributed by atoms with van der Waals surface area (Å²) < 4.78 is 7.35. The molecular formula is C15H17NO4. The van der Waals surface area contributed by atoms with E-state index in [1.807, 2.05) is 30.5 Å². The Hall–Kier alpha value is -2.30. The lowest BCUT2D eigenvalue weighted by Crippen LogP contribution is -2.24. The molecule has 2 rings (SSSR count). The molecule has 0 spiro atoms. The molecule has 5 nitrogen and oxygen atoms in total. The number of carbonyl (C=O) groups is 1. The number of aromatic carboxylic acids is 1. The van der Waals surface area contributed by atoms with E-state index >= 15 is 0 Å². The predicted octanol–water partition coefficient (Wildman–Crippen LogP) is 2.37. The fourth-order valence-corrected chi connectivity index (χ4v) is 2.37. The fraction of sp³-hybridized carbons (Fsp3) is 0.333. The number of furan rings is 1. The van der Waals surface area contributed by atoms with Crippen molar-refractivity contribution in [2.45, 2.75) is 33.7 Å². The van der Waals surface area contributed by atoms with Crippen LogP contribution in [0.15, 0.2) is 27.4 Å². The van der Waals surface area contributed by atoms with Crippen molar-refractivity contribution in [1.29, 1.82) is 0 Å². The van der Waals surface area contributed by atoms with E-state index in [-0.39, 0.29) is 5.56 Å². The second-order valence-electron chi connectivity index (χ2n) is 4.73. The molecule has 0 saturated carbocycles. The maximum Gasteiger partial charge on any atom is 0.341 e. The molecule has 0 unspecified atom stereocenters. The molecule has 0 saturated heterocycles. The highest BCUT2D eigenvalue weighted by Crippen LogP contribution is 2.15. The zero-order chi connectivity index (χ0) is 14.9. The molecule has 0 aliphatic heterocycles. The summed E-state index contributed by atoms with van der Waals surface area (Å²) in [5, 5.41) is 9.23. The molecule has 2 aromatic rings. The number of rotatable bonds is 4. The highest BCUT2D eigenvalue weighted by molar-refractivity contribution is 5.88. The van der Waals surface area contributed by atoms with Gasteiger partial charge < -0.3 is 14.1 Å². The number of hydrogen-bond donors (Lipinski definition) is 1. The lowest BCUT2D eigenvalue weighted by molar-refractivity contribution is 0.0693. The van der Waals surface area contributed by atoms with Crippen molar-refractivity contribution < 1.29 is 14.3 Å². The van der Waals surface area contributed by atoms with Gasteiger partial charge in [-0.1, -0.05) is 6.92 Å². The second kappa shape index (κ2) is 5.36. The van der Waals surface area contributed by atoms with Gasteiger partial charge in [-0.25, -0.2) is 4.79 Å². The Bertz CT molecular complexity index is 709. The van der Waals surface area contributed by atoms with Crippen LogP contribution in [0.1, 0.15) is 40.2 Å². The van der Waals surface area contributed by atoms with Crippen molar-refractivity contribution >= 4 is 5.97 Å². The van der Waals surface area contributed by atoms with Crippen molar-refractivity contribution in [1.82, 2.24) is 4.57 Å². The van der Waals surface area contributed by atoms with Crippen LogP contribution in [0.3, 0.4) is 0 Å². The minimum Gasteiger partial charge on any atom is -0.477 e. The first-order chi connectivity index (χ1) is 9.43. The van der Waals surface area contributed by atoms with Crippen molar-refractivity contribution in [3.8, 4) is 0 Å². The van der Waals surface area contributed by atoms with Gasteiger partial charge >= 0.3 is 5.97 Å². The van der Waals surface area contributed by atoms with E-state index in [9.17, 15) is 14.7 Å². The van der Waals surface area contributed by atoms with Gasteiger partial charge in [-0.15, -0.1) is 0 Å². The van der Waals surface area contributed by atoms with Crippen molar-refractivity contribution in [3.63, 3.8) is 0 Å². The standard InChI is InChI=1S/C15H17NO4/c1-4-12-14(15(18)19)13(17)7-9(2)16(12)8-11-6-5-10(3)20-11/h5-7H,4,8H2,1-3H3,(H,18,19). The average Bonchev–Trinajstić information content (AvgIpc) is 2.77. The number of aryl methyl sites for hydroxylation is 2. The first-order valence-electron chi connectivity index (χ1n) is 6.46. The first kappa shape index (κ1) is 14.1. The minimum atomic E-state index is -1.18. The van der Waals surface area contributed by atoms with Crippen LogP contribution in [0, 0.1) is 13.8 Å². The van der Waals surface area contributed by atoms with Gasteiger partial charge in [0.25, 0.3) is 0 Å². The summed E-state index contributed by atoms with van der Waals surface area (Å²) in [6.45, 7) is 5.90. The quantitative estimate of drug-likeness (QED) is 0.929. The third-order valence-electron chi connectivity index (χ3n) is 3.29. The van der Waals surface area contributed by atoms with E-state index in [0.29, 0.717) is 18.7 Å². The predicted molar refractivity (Wildman–Crippen MR) is 74.3 cm³/mol. The molecule has 0 aromatic carbocycles. The van der Waals surface area contributed by atoms with Crippen molar-refractivity contribution in [2.24, 2.45) is 0 Å². The third kappa shape index (κ3) is 2.52. The number of carboxylic acids is 1. The van der Waals surface area contributed by atoms with E-state index in [2.05, 4.69) is 0 Å². The summed E-state index contributed by atoms with van der Waals surface area (Å²) in [4.78, 5) is 23.1. The summed E-state index contributed by atoms with van der Waals surface area (Å²) in [6, 6.07) is 5.07. The Labute approximate surface area is 116 Å². The summed E-state index contributed by atoms with van der Waals surface area (Å²) in [6.07, 6.45) is 0.470. The van der Waals surface area contributed by atoms with Gasteiger partial charge in [0.2, 0.25) is 0 Å². The number of aromatic nitrogens is 1. The number of nitrogens with zero attached hydrogens (tertiary/aromatic N) is 1. The zero-order valence-corrected chi connectivity index (χ0v) is 11.8. The Morgan fingerprint density at radius 3 is 2.55 bits per heavy atom. The summed E-state index contributed by atoms with van der Waals surface area (Å²) >= 11 is 0. The molecule has 0 amide bonds. The van der Waals surface area contributed by atoms with E-state index in [0.717, 1.165) is 17.2 Å². The Kier molecular flexibility index (Phi) is 3.79. The number of hydrogen-bond acceptors (Lipinski definition) is 3. The molecule has 2 heterocycles. The highest BCUT2D eigenvalue weighted by Gasteiger charge is 2.18. The van der Waals surface area contributed by atoms with Crippen LogP contribution in [0.2, 0.25) is 0 Å². The monoisotopic (exact) mass is 275 g/mol. The average molecular weight is 275 g/mol. The van der Waals surface area contributed by atoms with Gasteiger partial charge in [-0.05, 0) is 32.4 Å². The Morgan fingerprint density at radius 2 is 2.05 bits per heavy atom. The normalized spacial score (nSPS) is 10.8. The molecule has 0 atom stereocenters. The van der Waals surface area contributed by atoms with Crippen LogP contribution in [0.4, 0.5) is 0 Å². The lowest BCUT2D eigenvalue weighted by atomic mass is 10.1. The minimum absolute atomic E-state index is 0.152. The smallest absolute Gasteiger partial charge is 0.341 e. The largest absolute Gasteiger partial charge is 0.477 e. The van der Waals surface area contributed by atoms with Crippen molar-refractivity contribution in [2.75, 3.05) is 0 Å². The van der Waals surface area contributed by atoms with E-state index in [4.69, 9.17) is 4.42 Å². The van der Waals surface area contributed by atoms with E-state index < -0.39 is 11.4 Å². The molecule has 0 aliphatic carbocycles. The van der Waals surface area contributed by atoms with Crippen LogP contribution in [-0.2, 0) is 13.0 Å². The number of carboxylic acid groups (broad SMARTS) is 1. The molecule has 0 fully saturated rings. The highest BCUT2D eigenvalue weighted by atomic mass is 16.4. The molecule has 0 radical (unpaired) electrons. The van der Waals surface area contributed by atoms with Gasteiger partial charge in [-0.2, -0.15) is 0 Å². The second-order valence-corrected chi connectivity index (χ2v) is 4.73. The molecule has 5 heteroatoms. The van der Waals surface area contributed by atoms with E-state index in [1.165, 1.54) is 6.07 Å². The van der Waals surface area contributed by atoms with Crippen molar-refractivity contribution in [3.05, 3.63) is 56.9 Å². The van der Waals surface area contributed by atoms with Crippen LogP contribution >= 0.6 is 0 Å². The summed E-state index contributed by atoms with van der Waals surface area (Å²) in [5.41, 5.74) is 0.655. The maximum absolute atomic E-state index is 11.9. The topological polar surface area (TPSA) is 72.4 Å². The van der Waals surface area contributed by atoms with Crippen LogP contribution in [0.5, 0.6) is 0 Å². The molecule has 20 heavy (non-hydrogen) atoms. The molecular weight excluding hydrogens is 258 g/mol. The lowest BCUT2D eigenvalue weighted by Gasteiger charge is -2.16. The maximum atomic E-state index is 11.9. The molecule has 106 valence electrons. The number of pyridine rings is 1. The van der Waals surface area contributed by atoms with Gasteiger partial charge in [0.05, 0.1) is 6.54 Å². The van der Waals surface area contributed by atoms with Gasteiger partial charge in [0.15, 0.2) is 5.43 Å². The van der Waals surface area contributed by atoms with E-state index in [1.54, 1.807) is 6.92 Å². The fourth-order valence-electron chi connectivity index (χ4n) is 2.37. The molecule has 0 aliphatic rings. The van der Waals surface area contributed by atoms with Gasteiger partial charge in [-0.3, -0.25) is 4.79 Å². The Balaban J connectivity index is 2.59. The van der Waals surface area contributed by atoms with Crippen LogP contribution in [0.25, 0.3) is 0 Å². The first-order valence-corrected chi connectivity index (χ1v) is 6.46. The molecule has 2 aromatic heterocycles. The summed E-state index contributed by atoms with van der Waals surface area (Å²) in [5.74, 6) is 0.353. The van der Waals surface area contributed by atoms with Crippen LogP contribution in [-0.4, -0.2) is 15.6 Å². The zero-order valence-electron chi connectivity index (χ0n) is 11.8. The van der Waals surface area contributed by atoms with Gasteiger partial charge in [0.1, 0.15) is 17.1 Å². The summed E-state index contributed by atoms with van der Waals surface area (Å²) in [7, 11) is 0. The molecule has 1 N–H and O–H groups in total. The van der Waals surface area contributed by atoms with Gasteiger partial charge in [0, 0.05) is 17.5 Å². The Morgan fingerprint density at radius 1 is 1.35 bits per heavy atom. The SMILES string of the molecule is CCc1c(C(=O)O)c(=O)cc(C)n1Cc1ccc(C)o1. The van der Waals surface area contributed by atoms with Crippen LogP contribution < -0.4 is 5.43 Å². The third-order valence-corrected chi connectivity index (χ3v) is 3.29. The molecule has 0 bridgehead atoms.